The molecule has 0 aromatic rings. The molecule has 0 radical (unpaired) electrons. The van der Waals surface area contributed by atoms with Crippen molar-refractivity contribution in [2.24, 2.45) is 34.5 Å². The molecule has 0 aliphatic rings. The van der Waals surface area contributed by atoms with E-state index in [0.29, 0.717) is 18.6 Å². The van der Waals surface area contributed by atoms with Crippen molar-refractivity contribution in [1.29, 1.82) is 0 Å². The Morgan fingerprint density at radius 3 is 1.51 bits per heavy atom. The molecule has 446 valence electrons. The lowest BCUT2D eigenvalue weighted by atomic mass is 9.67. The monoisotopic (exact) mass is 1190 g/mol. The minimum atomic E-state index is -4.70. The van der Waals surface area contributed by atoms with Gasteiger partial charge >= 0.3 is 61.1 Å². The van der Waals surface area contributed by atoms with Crippen LogP contribution in [-0.4, -0.2) is 138 Å². The second-order valence-corrected chi connectivity index (χ2v) is 30.6. The minimum Gasteiger partial charge on any atom is -0.465 e. The minimum absolute atomic E-state index is 0.00625. The number of thiol groups is 1. The van der Waals surface area contributed by atoms with Gasteiger partial charge in [-0.3, -0.25) is 33.3 Å². The third-order valence-electron chi connectivity index (χ3n) is 12.7. The lowest BCUT2D eigenvalue weighted by molar-refractivity contribution is -0.207. The van der Waals surface area contributed by atoms with Crippen molar-refractivity contribution in [3.05, 3.63) is 0 Å². The van der Waals surface area contributed by atoms with E-state index in [9.17, 15) is 68.5 Å². The van der Waals surface area contributed by atoms with Crippen molar-refractivity contribution in [3.63, 3.8) is 0 Å². The Morgan fingerprint density at radius 2 is 1.08 bits per heavy atom. The first kappa shape index (κ1) is 73.3. The third kappa shape index (κ3) is 26.1. The summed E-state index contributed by atoms with van der Waals surface area (Å²) in [4.78, 5) is 84.9. The van der Waals surface area contributed by atoms with Crippen molar-refractivity contribution in [2.75, 3.05) is 70.8 Å². The number of ether oxygens (including phenoxy) is 5. The number of esters is 5. The summed E-state index contributed by atoms with van der Waals surface area (Å²) in [5.41, 5.74) is -4.22. The topological polar surface area (TPSA) is 196 Å². The van der Waals surface area contributed by atoms with Gasteiger partial charge in [0.2, 0.25) is 5.91 Å². The molecule has 6 unspecified atom stereocenters. The Labute approximate surface area is 454 Å². The van der Waals surface area contributed by atoms with E-state index >= 15 is 0 Å². The van der Waals surface area contributed by atoms with Crippen molar-refractivity contribution >= 4 is 75.8 Å². The van der Waals surface area contributed by atoms with Crippen LogP contribution in [0.3, 0.4) is 0 Å². The average Bonchev–Trinajstić information content (AvgIpc) is 3.32. The molecule has 0 aromatic carbocycles. The van der Waals surface area contributed by atoms with Crippen LogP contribution in [0.5, 0.6) is 0 Å². The number of amides is 1. The van der Waals surface area contributed by atoms with Crippen LogP contribution in [0.25, 0.3) is 0 Å². The quantitative estimate of drug-likeness (QED) is 0.0111. The molecular formula is C49H84F8NO14PS2Si. The van der Waals surface area contributed by atoms with E-state index in [2.05, 4.69) is 37.6 Å². The van der Waals surface area contributed by atoms with E-state index in [1.54, 1.807) is 13.8 Å². The number of nitrogens with one attached hydrogen (secondary N) is 1. The van der Waals surface area contributed by atoms with Crippen LogP contribution in [-0.2, 0) is 66.1 Å². The number of hydrogen-bond donors (Lipinski definition) is 2. The maximum absolute atomic E-state index is 14.6. The molecule has 0 bridgehead atoms. The number of carbonyl (C=O) groups excluding carboxylic acids is 6. The third-order valence-corrected chi connectivity index (χ3v) is 17.2. The number of rotatable bonds is 41. The molecule has 1 amide bonds. The molecule has 0 rings (SSSR count). The maximum Gasteiger partial charge on any atom is 0.367 e. The number of alkyl halides is 8. The number of thioether (sulfide) groups is 1. The van der Waals surface area contributed by atoms with E-state index in [-0.39, 0.29) is 45.6 Å². The summed E-state index contributed by atoms with van der Waals surface area (Å²) < 4.78 is 163. The van der Waals surface area contributed by atoms with Gasteiger partial charge in [-0.15, -0.1) is 0 Å². The highest BCUT2D eigenvalue weighted by Gasteiger charge is 2.54. The molecule has 0 fully saturated rings. The lowest BCUT2D eigenvalue weighted by Gasteiger charge is -2.37. The summed E-state index contributed by atoms with van der Waals surface area (Å²) in [5, 5.41) is 2.78. The van der Waals surface area contributed by atoms with Gasteiger partial charge in [0.25, 0.3) is 0 Å². The SMILES string of the molecule is CCCC(CC(CC(C)(CC(CC(C)(CC(CC)C(=O)NCCSCC)C(=O)OCP(=O)(OC)OC)C(=O)OCCC(F)(F)C(C)(F)F)C(=O)OCCS)C(=O)OCCC(F)(F)C(C)(F)F)C(=O)OCCC[Si](C)(C)C. The zero-order chi connectivity index (χ0) is 59.0. The Kier molecular flexibility index (Phi) is 32.0. The fourth-order valence-electron chi connectivity index (χ4n) is 8.09. The Balaban J connectivity index is 8.10. The molecule has 6 atom stereocenters. The molecule has 27 heteroatoms. The van der Waals surface area contributed by atoms with Gasteiger partial charge in [0.05, 0.1) is 61.2 Å². The molecule has 1 N–H and O–H groups in total. The fourth-order valence-corrected chi connectivity index (χ4v) is 10.6. The maximum atomic E-state index is 14.6. The molecule has 15 nitrogen and oxygen atoms in total. The van der Waals surface area contributed by atoms with Crippen LogP contribution in [0, 0.1) is 34.5 Å². The zero-order valence-corrected chi connectivity index (χ0v) is 49.8. The molecule has 0 heterocycles. The van der Waals surface area contributed by atoms with Gasteiger partial charge in [0, 0.05) is 60.1 Å². The van der Waals surface area contributed by atoms with E-state index in [0.717, 1.165) is 26.0 Å². The van der Waals surface area contributed by atoms with Gasteiger partial charge in [-0.1, -0.05) is 52.9 Å². The summed E-state index contributed by atoms with van der Waals surface area (Å²) >= 11 is 5.62. The standard InChI is InChI=1S/C49H84F8NO14PS2Si/c1-13-17-35(39(60)68-21-16-27-76(10,11)12)28-36(40(61)69-22-18-48(54,55)46(6,50)51)30-45(5,42(63)71-24-25-74)32-37(41(62)70-23-19-49(56,57)47(7,52)53)31-44(4,43(64)72-33-73(65,66-8)67-9)29-34(14-2)38(59)58-20-26-75-15-3/h34-37,74H,13-33H2,1-12H3,(H,58,59). The van der Waals surface area contributed by atoms with E-state index in [1.807, 2.05) is 6.92 Å². The van der Waals surface area contributed by atoms with Gasteiger partial charge in [-0.2, -0.15) is 42.0 Å². The Morgan fingerprint density at radius 1 is 0.632 bits per heavy atom. The van der Waals surface area contributed by atoms with E-state index < -0.39 is 181 Å². The van der Waals surface area contributed by atoms with E-state index in [4.69, 9.17) is 32.7 Å². The van der Waals surface area contributed by atoms with E-state index in [1.165, 1.54) is 25.6 Å². The van der Waals surface area contributed by atoms with Gasteiger partial charge in [-0.05, 0) is 71.0 Å². The van der Waals surface area contributed by atoms with Crippen LogP contribution in [0.4, 0.5) is 35.1 Å². The predicted molar refractivity (Wildman–Crippen MR) is 278 cm³/mol. The summed E-state index contributed by atoms with van der Waals surface area (Å²) in [6.07, 6.45) is -6.61. The average molecular weight is 1190 g/mol. The van der Waals surface area contributed by atoms with Gasteiger partial charge in [0.1, 0.15) is 6.61 Å². The molecule has 0 aliphatic carbocycles. The van der Waals surface area contributed by atoms with Crippen LogP contribution in [0.15, 0.2) is 0 Å². The largest absolute Gasteiger partial charge is 0.465 e. The molecule has 0 spiro atoms. The first-order valence-corrected chi connectivity index (χ1v) is 32.6. The highest BCUT2D eigenvalue weighted by atomic mass is 32.2. The number of carbonyl (C=O) groups is 6. The van der Waals surface area contributed by atoms with Crippen LogP contribution in [0.2, 0.25) is 25.7 Å². The summed E-state index contributed by atoms with van der Waals surface area (Å²) in [6.45, 7) is 11.2. The molecule has 0 aliphatic heterocycles. The smallest absolute Gasteiger partial charge is 0.367 e. The van der Waals surface area contributed by atoms with Crippen LogP contribution >= 0.6 is 32.0 Å². The first-order valence-electron chi connectivity index (χ1n) is 25.4. The van der Waals surface area contributed by atoms with Crippen LogP contribution < -0.4 is 5.32 Å². The molecular weight excluding hydrogens is 1100 g/mol. The normalized spacial score (nSPS) is 16.0. The lowest BCUT2D eigenvalue weighted by Crippen LogP contribution is -2.44. The fraction of sp³-hybridized carbons (Fsp3) is 0.878. The molecule has 76 heavy (non-hydrogen) atoms. The Hall–Kier alpha value is -2.67. The van der Waals surface area contributed by atoms with Gasteiger partial charge in [0.15, 0.2) is 6.35 Å². The van der Waals surface area contributed by atoms with Crippen molar-refractivity contribution < 1.29 is 101 Å². The van der Waals surface area contributed by atoms with Gasteiger partial charge in [-0.25, -0.2) is 17.6 Å². The van der Waals surface area contributed by atoms with Gasteiger partial charge < -0.3 is 38.0 Å². The summed E-state index contributed by atoms with van der Waals surface area (Å²) in [5.74, 6) is -29.3. The number of hydrogen-bond acceptors (Lipinski definition) is 16. The van der Waals surface area contributed by atoms with Crippen molar-refractivity contribution in [1.82, 2.24) is 5.32 Å². The highest BCUT2D eigenvalue weighted by molar-refractivity contribution is 7.99. The second kappa shape index (κ2) is 33.2. The summed E-state index contributed by atoms with van der Waals surface area (Å²) in [7, 11) is -3.65. The predicted octanol–water partition coefficient (Wildman–Crippen LogP) is 11.7. The van der Waals surface area contributed by atoms with Crippen molar-refractivity contribution in [3.8, 4) is 0 Å². The van der Waals surface area contributed by atoms with Crippen LogP contribution in [0.1, 0.15) is 119 Å². The first-order chi connectivity index (χ1) is 34.9. The Bertz CT molecular complexity index is 1870. The number of halogens is 8. The molecule has 0 saturated heterocycles. The van der Waals surface area contributed by atoms with Crippen molar-refractivity contribution in [2.45, 2.75) is 168 Å². The molecule has 0 saturated carbocycles. The second-order valence-electron chi connectivity index (χ2n) is 20.9. The summed E-state index contributed by atoms with van der Waals surface area (Å²) in [6, 6.07) is 0.793. The molecule has 0 aromatic heterocycles. The highest BCUT2D eigenvalue weighted by Crippen LogP contribution is 2.49. The zero-order valence-electron chi connectivity index (χ0n) is 46.2.